The summed E-state index contributed by atoms with van der Waals surface area (Å²) < 4.78 is 40.3. The standard InChI is InChI=1S/C37H27Cl2F3N4O5S/c38-21-8-6-19(7-9-21)36-27(33(49)46(35(36)51)44-31-28(39)14-20(16-43-31)37(40,41)42)15-26-24(30(36)18-3-1-4-22(47)13-18)10-11-25-29(26)34(50)45(32(25)48)17-23-5-2-12-52-23/h1-10,12-14,16,25-27,29-30,47H,11,15,17H2,(H,43,44)/t25-,26+,27-,29-,30-,36+/m0/s1. The van der Waals surface area contributed by atoms with Crippen molar-refractivity contribution in [2.24, 2.45) is 23.7 Å². The molecule has 266 valence electrons. The lowest BCUT2D eigenvalue weighted by Crippen LogP contribution is -2.53. The summed E-state index contributed by atoms with van der Waals surface area (Å²) in [6.07, 6.45) is -2.10. The minimum Gasteiger partial charge on any atom is -0.508 e. The fourth-order valence-electron chi connectivity index (χ4n) is 8.64. The van der Waals surface area contributed by atoms with Crippen molar-refractivity contribution in [1.29, 1.82) is 0 Å². The Morgan fingerprint density at radius 2 is 1.73 bits per heavy atom. The molecule has 6 atom stereocenters. The van der Waals surface area contributed by atoms with Crippen LogP contribution in [-0.2, 0) is 37.3 Å². The molecule has 2 aliphatic heterocycles. The molecular weight excluding hydrogens is 740 g/mol. The average Bonchev–Trinajstić information content (AvgIpc) is 3.77. The molecule has 1 saturated carbocycles. The van der Waals surface area contributed by atoms with E-state index in [0.29, 0.717) is 34.0 Å². The highest BCUT2D eigenvalue weighted by Gasteiger charge is 2.70. The number of anilines is 1. The van der Waals surface area contributed by atoms with Crippen molar-refractivity contribution >= 4 is 64.0 Å². The average molecular weight is 768 g/mol. The highest BCUT2D eigenvalue weighted by Crippen LogP contribution is 2.64. The van der Waals surface area contributed by atoms with Crippen LogP contribution < -0.4 is 5.43 Å². The molecule has 4 heterocycles. The van der Waals surface area contributed by atoms with Gasteiger partial charge < -0.3 is 5.11 Å². The van der Waals surface area contributed by atoms with Gasteiger partial charge in [0.25, 0.3) is 11.8 Å². The van der Waals surface area contributed by atoms with E-state index in [1.165, 1.54) is 28.4 Å². The molecule has 2 aromatic heterocycles. The second kappa shape index (κ2) is 12.5. The van der Waals surface area contributed by atoms with Crippen molar-refractivity contribution < 1.29 is 37.5 Å². The van der Waals surface area contributed by atoms with Crippen LogP contribution in [0, 0.1) is 23.7 Å². The molecule has 0 radical (unpaired) electrons. The van der Waals surface area contributed by atoms with E-state index < -0.39 is 63.6 Å². The number of phenolic OH excluding ortho intramolecular Hbond substituents is 1. The van der Waals surface area contributed by atoms with Gasteiger partial charge in [-0.3, -0.25) is 29.5 Å². The number of nitrogens with zero attached hydrogens (tertiary/aromatic N) is 3. The van der Waals surface area contributed by atoms with Gasteiger partial charge in [-0.2, -0.15) is 18.2 Å². The Morgan fingerprint density at radius 3 is 2.40 bits per heavy atom. The zero-order chi connectivity index (χ0) is 36.7. The van der Waals surface area contributed by atoms with E-state index in [9.17, 15) is 32.7 Å². The molecule has 4 aliphatic rings. The number of hydrogen-bond acceptors (Lipinski definition) is 8. The van der Waals surface area contributed by atoms with Crippen LogP contribution in [0.25, 0.3) is 0 Å². The van der Waals surface area contributed by atoms with Gasteiger partial charge in [0.1, 0.15) is 5.75 Å². The third kappa shape index (κ3) is 5.23. The molecule has 52 heavy (non-hydrogen) atoms. The summed E-state index contributed by atoms with van der Waals surface area (Å²) in [5, 5.41) is 13.2. The van der Waals surface area contributed by atoms with Gasteiger partial charge in [-0.25, -0.2) is 4.98 Å². The Kier molecular flexibility index (Phi) is 8.23. The molecule has 4 amide bonds. The first-order chi connectivity index (χ1) is 24.8. The van der Waals surface area contributed by atoms with Gasteiger partial charge in [0.05, 0.1) is 40.3 Å². The number of nitrogens with one attached hydrogen (secondary N) is 1. The van der Waals surface area contributed by atoms with Crippen molar-refractivity contribution in [2.75, 3.05) is 5.43 Å². The second-order valence-corrected chi connectivity index (χ2v) is 15.2. The number of likely N-dealkylation sites (tertiary alicyclic amines) is 1. The monoisotopic (exact) mass is 766 g/mol. The summed E-state index contributed by atoms with van der Waals surface area (Å²) in [6, 6.07) is 17.1. The SMILES string of the molecule is O=C1[C@H]2[C@H](CC=C3[C@H]2C[C@H]2C(=O)N(Nc4ncc(C(F)(F)F)cc4Cl)C(=O)[C@@]2(c2ccc(Cl)cc2)[C@H]3c2cccc(O)c2)C(=O)N1Cc1cccs1. The Bertz CT molecular complexity index is 2180. The summed E-state index contributed by atoms with van der Waals surface area (Å²) in [6.45, 7) is 0.120. The number of carbonyl (C=O) groups is 4. The van der Waals surface area contributed by atoms with E-state index >= 15 is 4.79 Å². The number of allylic oxidation sites excluding steroid dienone is 2. The second-order valence-electron chi connectivity index (χ2n) is 13.4. The summed E-state index contributed by atoms with van der Waals surface area (Å²) in [5.41, 5.74) is 1.36. The summed E-state index contributed by atoms with van der Waals surface area (Å²) in [7, 11) is 0. The molecule has 2 aliphatic carbocycles. The Balaban J connectivity index is 1.29. The molecule has 0 bridgehead atoms. The van der Waals surface area contributed by atoms with Crippen LogP contribution in [0.3, 0.4) is 0 Å². The maximum Gasteiger partial charge on any atom is 0.417 e. The van der Waals surface area contributed by atoms with Crippen LogP contribution in [0.4, 0.5) is 19.0 Å². The Labute approximate surface area is 308 Å². The molecule has 3 fully saturated rings. The summed E-state index contributed by atoms with van der Waals surface area (Å²) in [5.74, 6) is -6.80. The van der Waals surface area contributed by atoms with Crippen molar-refractivity contribution in [3.05, 3.63) is 122 Å². The first-order valence-electron chi connectivity index (χ1n) is 16.3. The molecule has 2 saturated heterocycles. The zero-order valence-corrected chi connectivity index (χ0v) is 29.1. The van der Waals surface area contributed by atoms with Crippen molar-refractivity contribution in [2.45, 2.75) is 36.9 Å². The normalized spacial score (nSPS) is 27.0. The number of aromatic nitrogens is 1. The number of rotatable bonds is 6. The fraction of sp³-hybridized carbons (Fsp3) is 0.270. The summed E-state index contributed by atoms with van der Waals surface area (Å²) in [4.78, 5) is 63.8. The van der Waals surface area contributed by atoms with E-state index in [-0.39, 0.29) is 42.8 Å². The van der Waals surface area contributed by atoms with Crippen LogP contribution >= 0.6 is 34.5 Å². The lowest BCUT2D eigenvalue weighted by Gasteiger charge is -2.50. The largest absolute Gasteiger partial charge is 0.508 e. The number of aromatic hydroxyl groups is 1. The molecular formula is C37H27Cl2F3N4O5S. The predicted molar refractivity (Wildman–Crippen MR) is 185 cm³/mol. The fourth-order valence-corrected chi connectivity index (χ4v) is 9.67. The minimum absolute atomic E-state index is 0.00622. The van der Waals surface area contributed by atoms with Gasteiger partial charge in [-0.15, -0.1) is 11.3 Å². The topological polar surface area (TPSA) is 120 Å². The number of amides is 4. The number of halogens is 5. The number of carbonyl (C=O) groups excluding carboxylic acids is 4. The number of hydrogen-bond donors (Lipinski definition) is 2. The number of imide groups is 2. The van der Waals surface area contributed by atoms with Gasteiger partial charge in [-0.05, 0) is 71.7 Å². The van der Waals surface area contributed by atoms with Crippen molar-refractivity contribution in [1.82, 2.24) is 14.9 Å². The first-order valence-corrected chi connectivity index (χ1v) is 17.9. The number of alkyl halides is 3. The lowest BCUT2D eigenvalue weighted by molar-refractivity contribution is -0.142. The van der Waals surface area contributed by atoms with Crippen LogP contribution in [0.15, 0.2) is 90.0 Å². The van der Waals surface area contributed by atoms with Crippen molar-refractivity contribution in [3.8, 4) is 5.75 Å². The Hall–Kier alpha value is -4.72. The van der Waals surface area contributed by atoms with Crippen LogP contribution in [0.1, 0.15) is 40.3 Å². The maximum absolute atomic E-state index is 15.2. The van der Waals surface area contributed by atoms with Gasteiger partial charge in [0, 0.05) is 22.0 Å². The number of phenols is 1. The quantitative estimate of drug-likeness (QED) is 0.156. The first kappa shape index (κ1) is 34.4. The smallest absolute Gasteiger partial charge is 0.417 e. The molecule has 8 rings (SSSR count). The number of fused-ring (bicyclic) bond motifs is 4. The highest BCUT2D eigenvalue weighted by atomic mass is 35.5. The molecule has 15 heteroatoms. The number of hydrazine groups is 1. The van der Waals surface area contributed by atoms with Crippen LogP contribution in [0.2, 0.25) is 10.0 Å². The minimum atomic E-state index is -4.74. The number of thiophene rings is 1. The molecule has 4 aromatic rings. The van der Waals surface area contributed by atoms with Gasteiger partial charge in [0.15, 0.2) is 5.82 Å². The van der Waals surface area contributed by atoms with Crippen LogP contribution in [0.5, 0.6) is 5.75 Å². The number of benzene rings is 2. The third-order valence-corrected chi connectivity index (χ3v) is 12.1. The van der Waals surface area contributed by atoms with Crippen LogP contribution in [-0.4, -0.2) is 43.6 Å². The third-order valence-electron chi connectivity index (χ3n) is 10.7. The van der Waals surface area contributed by atoms with E-state index in [4.69, 9.17) is 23.2 Å². The van der Waals surface area contributed by atoms with Gasteiger partial charge >= 0.3 is 6.18 Å². The lowest BCUT2D eigenvalue weighted by atomic mass is 9.49. The maximum atomic E-state index is 15.2. The number of pyridine rings is 1. The van der Waals surface area contributed by atoms with E-state index in [2.05, 4.69) is 10.4 Å². The van der Waals surface area contributed by atoms with E-state index in [1.54, 1.807) is 36.4 Å². The predicted octanol–water partition coefficient (Wildman–Crippen LogP) is 7.36. The van der Waals surface area contributed by atoms with E-state index in [1.807, 2.05) is 23.6 Å². The van der Waals surface area contributed by atoms with Gasteiger partial charge in [-0.1, -0.05) is 65.2 Å². The molecule has 2 N–H and O–H groups in total. The zero-order valence-electron chi connectivity index (χ0n) is 26.8. The summed E-state index contributed by atoms with van der Waals surface area (Å²) >= 11 is 14.0. The molecule has 2 aromatic carbocycles. The van der Waals surface area contributed by atoms with Crippen molar-refractivity contribution in [3.63, 3.8) is 0 Å². The Morgan fingerprint density at radius 1 is 0.962 bits per heavy atom. The molecule has 0 unspecified atom stereocenters. The highest BCUT2D eigenvalue weighted by molar-refractivity contribution is 7.09. The molecule has 0 spiro atoms. The molecule has 9 nitrogen and oxygen atoms in total. The van der Waals surface area contributed by atoms with Gasteiger partial charge in [0.2, 0.25) is 11.8 Å². The van der Waals surface area contributed by atoms with E-state index in [0.717, 1.165) is 9.89 Å².